The van der Waals surface area contributed by atoms with Crippen molar-refractivity contribution < 1.29 is 25.8 Å². The summed E-state index contributed by atoms with van der Waals surface area (Å²) in [6.07, 6.45) is 0. The molecule has 0 heterocycles. The Morgan fingerprint density at radius 1 is 0.778 bits per heavy atom. The van der Waals surface area contributed by atoms with Crippen LogP contribution in [0, 0.1) is 0 Å². The molecule has 0 aromatic carbocycles. The maximum absolute atomic E-state index is 2.18. The molecule has 0 spiro atoms. The fourth-order valence-corrected chi connectivity index (χ4v) is 0.400. The van der Waals surface area contributed by atoms with Gasteiger partial charge in [0.2, 0.25) is 0 Å². The third kappa shape index (κ3) is 12.1. The first kappa shape index (κ1) is 12.5. The van der Waals surface area contributed by atoms with Crippen molar-refractivity contribution in [3.05, 3.63) is 0 Å². The Balaban J connectivity index is 0. The minimum absolute atomic E-state index is 0. The third-order valence-corrected chi connectivity index (χ3v) is 0.994. The van der Waals surface area contributed by atoms with Crippen LogP contribution in [0.3, 0.4) is 0 Å². The van der Waals surface area contributed by atoms with Crippen LogP contribution in [0.15, 0.2) is 0 Å². The number of rotatable bonds is 3. The minimum Gasteiger partial charge on any atom is -0.308 e. The van der Waals surface area contributed by atoms with Gasteiger partial charge in [-0.2, -0.15) is 0 Å². The van der Waals surface area contributed by atoms with E-state index in [1.807, 2.05) is 0 Å². The van der Waals surface area contributed by atoms with Crippen LogP contribution in [0.25, 0.3) is 0 Å². The molecule has 0 aromatic rings. The van der Waals surface area contributed by atoms with Gasteiger partial charge in [0.05, 0.1) is 0 Å². The van der Waals surface area contributed by atoms with Crippen molar-refractivity contribution in [3.63, 3.8) is 0 Å². The van der Waals surface area contributed by atoms with Crippen molar-refractivity contribution in [2.45, 2.75) is 0 Å². The van der Waals surface area contributed by atoms with E-state index in [9.17, 15) is 0 Å². The van der Waals surface area contributed by atoms with E-state index in [0.29, 0.717) is 0 Å². The minimum atomic E-state index is 0. The van der Waals surface area contributed by atoms with E-state index in [2.05, 4.69) is 38.0 Å². The molecule has 0 radical (unpaired) electrons. The Morgan fingerprint density at radius 3 is 1.11 bits per heavy atom. The van der Waals surface area contributed by atoms with E-state index < -0.39 is 0 Å². The molecule has 0 N–H and O–H groups in total. The molecule has 0 saturated heterocycles. The smallest absolute Gasteiger partial charge is 0.0103 e. The molecule has 0 aliphatic carbocycles. The monoisotopic (exact) mass is 296 g/mol. The summed E-state index contributed by atoms with van der Waals surface area (Å²) in [5.41, 5.74) is 0. The van der Waals surface area contributed by atoms with Crippen LogP contribution in [0.1, 0.15) is 0 Å². The summed E-state index contributed by atoms with van der Waals surface area (Å²) in [5, 5.41) is 0. The molecule has 0 atom stereocenters. The molecule has 0 unspecified atom stereocenters. The van der Waals surface area contributed by atoms with Crippen molar-refractivity contribution in [1.82, 2.24) is 9.80 Å². The molecule has 0 rings (SSSR count). The van der Waals surface area contributed by atoms with Gasteiger partial charge in [0, 0.05) is 38.9 Å². The predicted octanol–water partition coefficient (Wildman–Crippen LogP) is 0.107. The summed E-state index contributed by atoms with van der Waals surface area (Å²) < 4.78 is 0. The summed E-state index contributed by atoms with van der Waals surface area (Å²) in [6.45, 7) is 2.29. The van der Waals surface area contributed by atoms with Crippen LogP contribution in [0.5, 0.6) is 0 Å². The zero-order chi connectivity index (χ0) is 6.57. The summed E-state index contributed by atoms with van der Waals surface area (Å²) in [7, 11) is 8.35. The fraction of sp³-hybridized carbons (Fsp3) is 1.00. The predicted molar refractivity (Wildman–Crippen MR) is 37.1 cm³/mol. The second-order valence-electron chi connectivity index (χ2n) is 2.61. The molecule has 0 aliphatic heterocycles. The SMILES string of the molecule is CN(C)CCN(C)C.[Hf]. The van der Waals surface area contributed by atoms with Crippen molar-refractivity contribution in [1.29, 1.82) is 0 Å². The molecule has 0 fully saturated rings. The van der Waals surface area contributed by atoms with Gasteiger partial charge in [0.25, 0.3) is 0 Å². The molecule has 0 amide bonds. The third-order valence-electron chi connectivity index (χ3n) is 0.994. The Kier molecular flexibility index (Phi) is 9.56. The van der Waals surface area contributed by atoms with Gasteiger partial charge in [0.15, 0.2) is 0 Å². The zero-order valence-electron chi connectivity index (χ0n) is 6.81. The largest absolute Gasteiger partial charge is 0.308 e. The molecule has 0 saturated carbocycles. The van der Waals surface area contributed by atoms with Gasteiger partial charge in [0.1, 0.15) is 0 Å². The number of hydrogen-bond donors (Lipinski definition) is 0. The van der Waals surface area contributed by atoms with Gasteiger partial charge in [-0.3, -0.25) is 0 Å². The van der Waals surface area contributed by atoms with E-state index in [4.69, 9.17) is 0 Å². The average molecular weight is 295 g/mol. The Labute approximate surface area is 77.0 Å². The van der Waals surface area contributed by atoms with Crippen molar-refractivity contribution >= 4 is 0 Å². The van der Waals surface area contributed by atoms with Crippen LogP contribution in [0.4, 0.5) is 0 Å². The van der Waals surface area contributed by atoms with Crippen LogP contribution < -0.4 is 0 Å². The van der Waals surface area contributed by atoms with E-state index in [0.717, 1.165) is 13.1 Å². The van der Waals surface area contributed by atoms with Crippen LogP contribution in [-0.4, -0.2) is 51.1 Å². The Morgan fingerprint density at radius 2 is 1.00 bits per heavy atom. The Bertz CT molecular complexity index is 47.0. The molecule has 3 heteroatoms. The first-order chi connectivity index (χ1) is 3.63. The second-order valence-corrected chi connectivity index (χ2v) is 2.61. The number of likely N-dealkylation sites (N-methyl/N-ethyl adjacent to an activating group) is 2. The first-order valence-electron chi connectivity index (χ1n) is 2.92. The molecular formula is C6H16HfN2. The zero-order valence-corrected chi connectivity index (χ0v) is 10.4. The molecular weight excluding hydrogens is 279 g/mol. The van der Waals surface area contributed by atoms with Gasteiger partial charge in [-0.1, -0.05) is 0 Å². The molecule has 0 aliphatic rings. The van der Waals surface area contributed by atoms with Gasteiger partial charge >= 0.3 is 0 Å². The fourth-order valence-electron chi connectivity index (χ4n) is 0.400. The van der Waals surface area contributed by atoms with E-state index >= 15 is 0 Å². The van der Waals surface area contributed by atoms with Crippen molar-refractivity contribution in [3.8, 4) is 0 Å². The maximum Gasteiger partial charge on any atom is 0.0103 e. The number of hydrogen-bond acceptors (Lipinski definition) is 2. The maximum atomic E-state index is 2.18. The van der Waals surface area contributed by atoms with Crippen molar-refractivity contribution in [2.24, 2.45) is 0 Å². The molecule has 54 valence electrons. The van der Waals surface area contributed by atoms with Gasteiger partial charge < -0.3 is 9.80 Å². The molecule has 0 bridgehead atoms. The van der Waals surface area contributed by atoms with Gasteiger partial charge in [-0.05, 0) is 28.2 Å². The number of nitrogens with zero attached hydrogens (tertiary/aromatic N) is 2. The Hall–Kier alpha value is 0.790. The summed E-state index contributed by atoms with van der Waals surface area (Å²) in [5.74, 6) is 0. The molecule has 2 nitrogen and oxygen atoms in total. The summed E-state index contributed by atoms with van der Waals surface area (Å²) in [4.78, 5) is 4.36. The normalized spacial score (nSPS) is 10.0. The summed E-state index contributed by atoms with van der Waals surface area (Å²) in [6, 6.07) is 0. The van der Waals surface area contributed by atoms with Crippen LogP contribution in [-0.2, 0) is 25.8 Å². The van der Waals surface area contributed by atoms with E-state index in [-0.39, 0.29) is 25.8 Å². The van der Waals surface area contributed by atoms with Gasteiger partial charge in [-0.15, -0.1) is 0 Å². The second kappa shape index (κ2) is 6.90. The topological polar surface area (TPSA) is 6.48 Å². The molecule has 9 heavy (non-hydrogen) atoms. The van der Waals surface area contributed by atoms with Crippen molar-refractivity contribution in [2.75, 3.05) is 41.3 Å². The van der Waals surface area contributed by atoms with E-state index in [1.54, 1.807) is 0 Å². The molecule has 0 aromatic heterocycles. The van der Waals surface area contributed by atoms with E-state index in [1.165, 1.54) is 0 Å². The standard InChI is InChI=1S/C6H16N2.Hf/c1-7(2)5-6-8(3)4;/h5-6H2,1-4H3;. The average Bonchev–Trinajstić information content (AvgIpc) is 1.61. The van der Waals surface area contributed by atoms with Gasteiger partial charge in [-0.25, -0.2) is 0 Å². The van der Waals surface area contributed by atoms with Crippen LogP contribution >= 0.6 is 0 Å². The quantitative estimate of drug-likeness (QED) is 0.682. The summed E-state index contributed by atoms with van der Waals surface area (Å²) >= 11 is 0. The van der Waals surface area contributed by atoms with Crippen LogP contribution in [0.2, 0.25) is 0 Å². The first-order valence-corrected chi connectivity index (χ1v) is 2.92.